The van der Waals surface area contributed by atoms with Gasteiger partial charge in [-0.25, -0.2) is 4.57 Å². The van der Waals surface area contributed by atoms with Crippen LogP contribution >= 0.6 is 7.82 Å². The van der Waals surface area contributed by atoms with Crippen LogP contribution in [0.3, 0.4) is 0 Å². The molecule has 62 heavy (non-hydrogen) atoms. The number of ether oxygens (including phenoxy) is 2. The lowest BCUT2D eigenvalue weighted by atomic mass is 10.0. The predicted molar refractivity (Wildman–Crippen MR) is 261 cm³/mol. The van der Waals surface area contributed by atoms with Gasteiger partial charge in [0.25, 0.3) is 0 Å². The fourth-order valence-electron chi connectivity index (χ4n) is 6.91. The number of nitrogens with zero attached hydrogens (tertiary/aromatic N) is 1. The van der Waals surface area contributed by atoms with Gasteiger partial charge in [0.2, 0.25) is 0 Å². The second kappa shape index (κ2) is 44.2. The topological polar surface area (TPSA) is 108 Å². The van der Waals surface area contributed by atoms with E-state index < -0.39 is 26.5 Å². The number of likely N-dealkylation sites (N-methyl/N-ethyl adjacent to an activating group) is 1. The molecule has 0 aliphatic carbocycles. The Morgan fingerprint density at radius 2 is 0.919 bits per heavy atom. The van der Waals surface area contributed by atoms with Crippen molar-refractivity contribution < 1.29 is 42.1 Å². The van der Waals surface area contributed by atoms with Gasteiger partial charge in [0.1, 0.15) is 19.8 Å². The predicted octanol–water partition coefficient (Wildman–Crippen LogP) is 15.0. The first-order chi connectivity index (χ1) is 30.0. The summed E-state index contributed by atoms with van der Waals surface area (Å²) in [7, 11) is 1.46. The van der Waals surface area contributed by atoms with Crippen LogP contribution in [0.25, 0.3) is 0 Å². The molecule has 0 aromatic carbocycles. The summed E-state index contributed by atoms with van der Waals surface area (Å²) in [5.41, 5.74) is 0. The Labute approximate surface area is 382 Å². The number of phosphoric ester groups is 1. The molecule has 0 aliphatic rings. The Morgan fingerprint density at radius 3 is 1.40 bits per heavy atom. The van der Waals surface area contributed by atoms with Crippen LogP contribution in [0.1, 0.15) is 219 Å². The molecule has 0 aromatic heterocycles. The van der Waals surface area contributed by atoms with Gasteiger partial charge in [0, 0.05) is 12.8 Å². The molecular weight excluding hydrogens is 798 g/mol. The third-order valence-electron chi connectivity index (χ3n) is 10.8. The van der Waals surface area contributed by atoms with Crippen LogP contribution in [0.2, 0.25) is 0 Å². The van der Waals surface area contributed by atoms with Crippen molar-refractivity contribution >= 4 is 19.8 Å². The Kier molecular flexibility index (Phi) is 42.7. The Morgan fingerprint density at radius 1 is 0.516 bits per heavy atom. The second-order valence-electron chi connectivity index (χ2n) is 18.2. The summed E-state index contributed by atoms with van der Waals surface area (Å²) in [6.45, 7) is 4.29. The molecule has 0 heterocycles. The van der Waals surface area contributed by atoms with E-state index in [4.69, 9.17) is 18.5 Å². The van der Waals surface area contributed by atoms with Gasteiger partial charge < -0.3 is 18.9 Å². The maximum atomic E-state index is 12.7. The summed E-state index contributed by atoms with van der Waals surface area (Å²) < 4.78 is 34.4. The van der Waals surface area contributed by atoms with Crippen molar-refractivity contribution in [2.24, 2.45) is 0 Å². The minimum Gasteiger partial charge on any atom is -0.462 e. The summed E-state index contributed by atoms with van der Waals surface area (Å²) in [6, 6.07) is 0. The van der Waals surface area contributed by atoms with Crippen LogP contribution in [0.15, 0.2) is 48.6 Å². The molecular formula is C52H97NO8P+. The summed E-state index contributed by atoms with van der Waals surface area (Å²) in [5, 5.41) is 0. The van der Waals surface area contributed by atoms with Crippen LogP contribution < -0.4 is 0 Å². The minimum atomic E-state index is -4.39. The van der Waals surface area contributed by atoms with Crippen LogP contribution in [-0.4, -0.2) is 74.9 Å². The zero-order valence-electron chi connectivity index (χ0n) is 40.9. The van der Waals surface area contributed by atoms with Gasteiger partial charge in [-0.3, -0.25) is 18.6 Å². The molecule has 9 nitrogen and oxygen atoms in total. The number of carbonyl (C=O) groups excluding carboxylic acids is 2. The largest absolute Gasteiger partial charge is 0.472 e. The van der Waals surface area contributed by atoms with E-state index in [9.17, 15) is 19.0 Å². The number of hydrogen-bond donors (Lipinski definition) is 1. The van der Waals surface area contributed by atoms with E-state index in [1.165, 1.54) is 128 Å². The molecule has 0 rings (SSSR count). The molecule has 0 bridgehead atoms. The van der Waals surface area contributed by atoms with E-state index in [0.717, 1.165) is 57.8 Å². The maximum absolute atomic E-state index is 12.7. The fourth-order valence-corrected chi connectivity index (χ4v) is 7.65. The standard InChI is InChI=1S/C52H96NO8P/c1-6-8-10-12-14-16-18-20-21-22-23-24-25-26-27-28-29-30-31-33-34-36-38-40-42-44-51(54)58-48-50(49-60-62(56,57)59-47-46-53(3,4)5)61-52(55)45-43-41-39-37-35-32-19-17-15-13-11-9-7-2/h9,11,15,17,22-23,32,35,50H,6-8,10,12-14,16,18-21,24-31,33-34,36-49H2,1-5H3/p+1/b11-9-,17-15-,23-22-,35-32-. The molecule has 2 atom stereocenters. The molecule has 10 heteroatoms. The molecule has 0 aliphatic heterocycles. The second-order valence-corrected chi connectivity index (χ2v) is 19.6. The summed E-state index contributed by atoms with van der Waals surface area (Å²) in [4.78, 5) is 35.5. The molecule has 0 radical (unpaired) electrons. The van der Waals surface area contributed by atoms with E-state index >= 15 is 0 Å². The van der Waals surface area contributed by atoms with E-state index in [2.05, 4.69) is 62.5 Å². The highest BCUT2D eigenvalue weighted by Crippen LogP contribution is 2.43. The highest BCUT2D eigenvalue weighted by molar-refractivity contribution is 7.47. The van der Waals surface area contributed by atoms with Gasteiger partial charge in [-0.15, -0.1) is 0 Å². The smallest absolute Gasteiger partial charge is 0.462 e. The van der Waals surface area contributed by atoms with E-state index in [1.54, 1.807) is 0 Å². The van der Waals surface area contributed by atoms with Crippen molar-refractivity contribution in [3.63, 3.8) is 0 Å². The number of hydrogen-bond acceptors (Lipinski definition) is 7. The quantitative estimate of drug-likeness (QED) is 0.0212. The third-order valence-corrected chi connectivity index (χ3v) is 11.8. The van der Waals surface area contributed by atoms with Crippen LogP contribution in [-0.2, 0) is 32.7 Å². The molecule has 0 saturated heterocycles. The van der Waals surface area contributed by atoms with E-state index in [1.807, 2.05) is 21.1 Å². The highest BCUT2D eigenvalue weighted by atomic mass is 31.2. The van der Waals surface area contributed by atoms with Crippen molar-refractivity contribution in [1.29, 1.82) is 0 Å². The van der Waals surface area contributed by atoms with E-state index in [0.29, 0.717) is 17.4 Å². The van der Waals surface area contributed by atoms with Gasteiger partial charge in [-0.05, 0) is 70.6 Å². The molecule has 0 fully saturated rings. The first-order valence-corrected chi connectivity index (χ1v) is 26.9. The Hall–Kier alpha value is -2.03. The fraction of sp³-hybridized carbons (Fsp3) is 0.808. The molecule has 2 unspecified atom stereocenters. The van der Waals surface area contributed by atoms with Gasteiger partial charge in [-0.2, -0.15) is 0 Å². The van der Waals surface area contributed by atoms with Gasteiger partial charge >= 0.3 is 19.8 Å². The lowest BCUT2D eigenvalue weighted by Crippen LogP contribution is -2.37. The number of phosphoric acid groups is 1. The van der Waals surface area contributed by atoms with Crippen LogP contribution in [0.4, 0.5) is 0 Å². The van der Waals surface area contributed by atoms with Gasteiger partial charge in [0.05, 0.1) is 27.7 Å². The molecule has 0 aromatic rings. The first kappa shape index (κ1) is 60.0. The Balaban J connectivity index is 4.16. The SMILES string of the molecule is CC/C=C\C/C=C\C/C=C\CCCCCC(=O)OC(COC(=O)CCCCCCCCCCCCCCC/C=C\CCCCCCCCCC)COP(=O)(O)OCC[N+](C)(C)C. The molecule has 0 saturated carbocycles. The number of quaternary nitrogens is 1. The van der Waals surface area contributed by atoms with Crippen molar-refractivity contribution in [1.82, 2.24) is 0 Å². The number of carbonyl (C=O) groups is 2. The van der Waals surface area contributed by atoms with Crippen molar-refractivity contribution in [2.45, 2.75) is 225 Å². The van der Waals surface area contributed by atoms with Crippen molar-refractivity contribution in [2.75, 3.05) is 47.5 Å². The molecule has 0 amide bonds. The van der Waals surface area contributed by atoms with Crippen molar-refractivity contribution in [3.05, 3.63) is 48.6 Å². The molecule has 0 spiro atoms. The number of rotatable bonds is 46. The number of unbranched alkanes of at least 4 members (excludes halogenated alkanes) is 24. The lowest BCUT2D eigenvalue weighted by Gasteiger charge is -2.24. The van der Waals surface area contributed by atoms with E-state index in [-0.39, 0.29) is 32.0 Å². The number of esters is 2. The van der Waals surface area contributed by atoms with Crippen molar-refractivity contribution in [3.8, 4) is 0 Å². The Bertz CT molecular complexity index is 1190. The minimum absolute atomic E-state index is 0.0251. The maximum Gasteiger partial charge on any atom is 0.472 e. The van der Waals surface area contributed by atoms with Gasteiger partial charge in [-0.1, -0.05) is 184 Å². The summed E-state index contributed by atoms with van der Waals surface area (Å²) in [6.07, 6.45) is 53.3. The first-order valence-electron chi connectivity index (χ1n) is 25.4. The normalized spacial score (nSPS) is 13.8. The monoisotopic (exact) mass is 895 g/mol. The van der Waals surface area contributed by atoms with Crippen LogP contribution in [0.5, 0.6) is 0 Å². The highest BCUT2D eigenvalue weighted by Gasteiger charge is 2.27. The average Bonchev–Trinajstić information content (AvgIpc) is 3.23. The zero-order valence-corrected chi connectivity index (χ0v) is 41.7. The molecule has 362 valence electrons. The third kappa shape index (κ3) is 47.4. The average molecular weight is 895 g/mol. The summed E-state index contributed by atoms with van der Waals surface area (Å²) in [5.74, 6) is -0.830. The van der Waals surface area contributed by atoms with Crippen LogP contribution in [0, 0.1) is 0 Å². The summed E-state index contributed by atoms with van der Waals surface area (Å²) >= 11 is 0. The molecule has 1 N–H and O–H groups in total. The van der Waals surface area contributed by atoms with Gasteiger partial charge in [0.15, 0.2) is 6.10 Å². The number of allylic oxidation sites excluding steroid dienone is 8. The zero-order chi connectivity index (χ0) is 45.7. The lowest BCUT2D eigenvalue weighted by molar-refractivity contribution is -0.870.